The molecule has 3 rings (SSSR count). The van der Waals surface area contributed by atoms with Gasteiger partial charge < -0.3 is 4.74 Å². The summed E-state index contributed by atoms with van der Waals surface area (Å²) in [4.78, 5) is 24.1. The maximum atomic E-state index is 12.1. The lowest BCUT2D eigenvalue weighted by molar-refractivity contribution is -0.142. The molecule has 1 aliphatic heterocycles. The van der Waals surface area contributed by atoms with Crippen molar-refractivity contribution in [3.05, 3.63) is 11.6 Å². The molecule has 1 unspecified atom stereocenters. The van der Waals surface area contributed by atoms with E-state index in [1.807, 2.05) is 6.92 Å². The smallest absolute Gasteiger partial charge is 0.313 e. The van der Waals surface area contributed by atoms with Crippen LogP contribution in [0, 0.1) is 29.6 Å². The fraction of sp³-hybridized carbons (Fsp3) is 0.750. The number of carbonyl (C=O) groups excluding carboxylic acids is 2. The highest BCUT2D eigenvalue weighted by molar-refractivity contribution is 5.84. The quantitative estimate of drug-likeness (QED) is 0.539. The van der Waals surface area contributed by atoms with Crippen molar-refractivity contribution in [2.24, 2.45) is 29.6 Å². The second kappa shape index (κ2) is 4.46. The SMILES string of the molecule is CC(=O)[C@@H]1[C@@H]2[C@@H](C)OC(=O)[C@@H]2C=C2CC(C)CC[C@H]21. The second-order valence-electron chi connectivity index (χ2n) is 6.62. The van der Waals surface area contributed by atoms with Gasteiger partial charge in [0.25, 0.3) is 0 Å². The third-order valence-corrected chi connectivity index (χ3v) is 5.27. The van der Waals surface area contributed by atoms with Crippen molar-refractivity contribution < 1.29 is 14.3 Å². The van der Waals surface area contributed by atoms with E-state index in [9.17, 15) is 9.59 Å². The molecule has 0 spiro atoms. The first kappa shape index (κ1) is 12.9. The van der Waals surface area contributed by atoms with Crippen molar-refractivity contribution in [2.75, 3.05) is 0 Å². The zero-order chi connectivity index (χ0) is 13.7. The molecule has 0 bridgehead atoms. The third kappa shape index (κ3) is 1.94. The van der Waals surface area contributed by atoms with Gasteiger partial charge in [-0.1, -0.05) is 18.6 Å². The number of hydrogen-bond acceptors (Lipinski definition) is 3. The molecule has 2 fully saturated rings. The fourth-order valence-corrected chi connectivity index (χ4v) is 4.44. The molecule has 0 radical (unpaired) electrons. The lowest BCUT2D eigenvalue weighted by Crippen LogP contribution is -2.42. The minimum Gasteiger partial charge on any atom is -0.462 e. The zero-order valence-electron chi connectivity index (χ0n) is 11.9. The highest BCUT2D eigenvalue weighted by Crippen LogP contribution is 2.50. The summed E-state index contributed by atoms with van der Waals surface area (Å²) in [6.07, 6.45) is 5.33. The topological polar surface area (TPSA) is 43.4 Å². The van der Waals surface area contributed by atoms with Crippen molar-refractivity contribution in [3.63, 3.8) is 0 Å². The van der Waals surface area contributed by atoms with Gasteiger partial charge in [0, 0.05) is 11.8 Å². The highest BCUT2D eigenvalue weighted by atomic mass is 16.6. The number of allylic oxidation sites excluding steroid dienone is 1. The maximum absolute atomic E-state index is 12.1. The van der Waals surface area contributed by atoms with Crippen LogP contribution >= 0.6 is 0 Å². The van der Waals surface area contributed by atoms with Crippen LogP contribution in [0.25, 0.3) is 0 Å². The van der Waals surface area contributed by atoms with Crippen LogP contribution in [0.4, 0.5) is 0 Å². The summed E-state index contributed by atoms with van der Waals surface area (Å²) in [5, 5.41) is 0. The van der Waals surface area contributed by atoms with Crippen LogP contribution in [0.2, 0.25) is 0 Å². The normalized spacial score (nSPS) is 45.0. The van der Waals surface area contributed by atoms with E-state index < -0.39 is 0 Å². The first-order valence-corrected chi connectivity index (χ1v) is 7.40. The molecule has 3 nitrogen and oxygen atoms in total. The van der Waals surface area contributed by atoms with Gasteiger partial charge in [0.1, 0.15) is 11.9 Å². The van der Waals surface area contributed by atoms with Crippen molar-refractivity contribution in [1.29, 1.82) is 0 Å². The summed E-state index contributed by atoms with van der Waals surface area (Å²) in [6, 6.07) is 0. The highest BCUT2D eigenvalue weighted by Gasteiger charge is 2.53. The number of rotatable bonds is 1. The van der Waals surface area contributed by atoms with Gasteiger partial charge in [0.2, 0.25) is 0 Å². The summed E-state index contributed by atoms with van der Waals surface area (Å²) in [6.45, 7) is 5.86. The molecule has 0 aromatic rings. The number of fused-ring (bicyclic) bond motifs is 2. The van der Waals surface area contributed by atoms with E-state index in [-0.39, 0.29) is 35.6 Å². The minimum atomic E-state index is -0.180. The summed E-state index contributed by atoms with van der Waals surface area (Å²) in [7, 11) is 0. The Morgan fingerprint density at radius 1 is 1.32 bits per heavy atom. The molecule has 2 aliphatic carbocycles. The molecule has 104 valence electrons. The summed E-state index contributed by atoms with van der Waals surface area (Å²) in [5.74, 6) is 0.984. The van der Waals surface area contributed by atoms with Crippen LogP contribution in [-0.2, 0) is 14.3 Å². The standard InChI is InChI=1S/C16H22O3/c1-8-4-5-12-11(6-8)7-13-15(14(12)9(2)17)10(3)19-16(13)18/h7-8,10,12-15H,4-6H2,1-3H3/t8?,10-,12-,13-,14+,15-/m1/s1. The molecular formula is C16H22O3. The molecule has 3 aliphatic rings. The van der Waals surface area contributed by atoms with Gasteiger partial charge in [-0.2, -0.15) is 0 Å². The molecular weight excluding hydrogens is 240 g/mol. The van der Waals surface area contributed by atoms with E-state index in [0.29, 0.717) is 11.8 Å². The Morgan fingerprint density at radius 3 is 2.74 bits per heavy atom. The van der Waals surface area contributed by atoms with Gasteiger partial charge in [-0.3, -0.25) is 9.59 Å². The van der Waals surface area contributed by atoms with Gasteiger partial charge in [0.05, 0.1) is 5.92 Å². The number of carbonyl (C=O) groups is 2. The van der Waals surface area contributed by atoms with Gasteiger partial charge >= 0.3 is 5.97 Å². The molecule has 1 heterocycles. The van der Waals surface area contributed by atoms with Crippen molar-refractivity contribution in [3.8, 4) is 0 Å². The first-order chi connectivity index (χ1) is 8.99. The maximum Gasteiger partial charge on any atom is 0.313 e. The molecule has 0 amide bonds. The molecule has 0 N–H and O–H groups in total. The van der Waals surface area contributed by atoms with E-state index in [0.717, 1.165) is 12.8 Å². The number of hydrogen-bond donors (Lipinski definition) is 0. The predicted molar refractivity (Wildman–Crippen MR) is 71.3 cm³/mol. The predicted octanol–water partition coefficient (Wildman–Crippen LogP) is 2.75. The van der Waals surface area contributed by atoms with Crippen LogP contribution in [0.1, 0.15) is 40.0 Å². The zero-order valence-corrected chi connectivity index (χ0v) is 11.9. The van der Waals surface area contributed by atoms with Crippen LogP contribution < -0.4 is 0 Å². The van der Waals surface area contributed by atoms with E-state index in [1.54, 1.807) is 6.92 Å². The van der Waals surface area contributed by atoms with Crippen LogP contribution in [0.3, 0.4) is 0 Å². The molecule has 0 aromatic carbocycles. The van der Waals surface area contributed by atoms with Gasteiger partial charge in [-0.05, 0) is 44.9 Å². The van der Waals surface area contributed by atoms with Crippen LogP contribution in [0.5, 0.6) is 0 Å². The second-order valence-corrected chi connectivity index (χ2v) is 6.62. The number of ketones is 1. The van der Waals surface area contributed by atoms with Gasteiger partial charge in [-0.15, -0.1) is 0 Å². The van der Waals surface area contributed by atoms with Crippen LogP contribution in [-0.4, -0.2) is 17.9 Å². The third-order valence-electron chi connectivity index (χ3n) is 5.27. The van der Waals surface area contributed by atoms with Gasteiger partial charge in [0.15, 0.2) is 0 Å². The van der Waals surface area contributed by atoms with Crippen LogP contribution in [0.15, 0.2) is 11.6 Å². The fourth-order valence-electron chi connectivity index (χ4n) is 4.44. The molecule has 19 heavy (non-hydrogen) atoms. The Morgan fingerprint density at radius 2 is 2.05 bits per heavy atom. The Hall–Kier alpha value is -1.12. The van der Waals surface area contributed by atoms with Gasteiger partial charge in [-0.25, -0.2) is 0 Å². The number of ether oxygens (including phenoxy) is 1. The lowest BCUT2D eigenvalue weighted by atomic mass is 9.60. The van der Waals surface area contributed by atoms with Crippen molar-refractivity contribution in [1.82, 2.24) is 0 Å². The Bertz CT molecular complexity index is 451. The van der Waals surface area contributed by atoms with E-state index in [2.05, 4.69) is 13.0 Å². The van der Waals surface area contributed by atoms with E-state index in [4.69, 9.17) is 4.74 Å². The van der Waals surface area contributed by atoms with E-state index in [1.165, 1.54) is 12.0 Å². The summed E-state index contributed by atoms with van der Waals surface area (Å²) < 4.78 is 5.39. The summed E-state index contributed by atoms with van der Waals surface area (Å²) >= 11 is 0. The Labute approximate surface area is 114 Å². The Balaban J connectivity index is 2.02. The number of esters is 1. The Kier molecular flexibility index (Phi) is 3.03. The molecule has 1 saturated heterocycles. The van der Waals surface area contributed by atoms with Crippen molar-refractivity contribution in [2.45, 2.75) is 46.1 Å². The lowest BCUT2D eigenvalue weighted by Gasteiger charge is -2.42. The largest absolute Gasteiger partial charge is 0.462 e. The van der Waals surface area contributed by atoms with E-state index >= 15 is 0 Å². The molecule has 1 saturated carbocycles. The number of cyclic esters (lactones) is 1. The average Bonchev–Trinajstić information content (AvgIpc) is 2.61. The first-order valence-electron chi connectivity index (χ1n) is 7.40. The minimum absolute atomic E-state index is 0.0149. The summed E-state index contributed by atoms with van der Waals surface area (Å²) in [5.41, 5.74) is 1.34. The molecule has 3 heteroatoms. The monoisotopic (exact) mass is 262 g/mol. The molecule has 6 atom stereocenters. The average molecular weight is 262 g/mol. The molecule has 0 aromatic heterocycles. The number of Topliss-reactive ketones (excluding diaryl/α,β-unsaturated/α-hetero) is 1. The van der Waals surface area contributed by atoms with Crippen molar-refractivity contribution >= 4 is 11.8 Å².